The van der Waals surface area contributed by atoms with Crippen LogP contribution in [0.5, 0.6) is 0 Å². The first-order valence-corrected chi connectivity index (χ1v) is 7.94. The molecule has 0 aliphatic carbocycles. The van der Waals surface area contributed by atoms with Gasteiger partial charge in [0.25, 0.3) is 0 Å². The molecule has 1 aromatic heterocycles. The zero-order valence-corrected chi connectivity index (χ0v) is 12.6. The average molecular weight is 324 g/mol. The number of carboxylic acids is 1. The molecular formula is C13H12N2O4S2. The van der Waals surface area contributed by atoms with E-state index in [1.165, 1.54) is 28.4 Å². The van der Waals surface area contributed by atoms with E-state index in [2.05, 4.69) is 4.98 Å². The summed E-state index contributed by atoms with van der Waals surface area (Å²) in [5, 5.41) is 19.3. The minimum Gasteiger partial charge on any atom is -0.477 e. The molecule has 0 radical (unpaired) electrons. The Bertz CT molecular complexity index is 632. The number of carboxylic acid groups (broad SMARTS) is 1. The van der Waals surface area contributed by atoms with E-state index in [9.17, 15) is 19.8 Å². The molecule has 3 heterocycles. The van der Waals surface area contributed by atoms with Crippen LogP contribution in [0.1, 0.15) is 6.92 Å². The number of rotatable bonds is 4. The fourth-order valence-corrected chi connectivity index (χ4v) is 5.12. The lowest BCUT2D eigenvalue weighted by Gasteiger charge is -2.43. The van der Waals surface area contributed by atoms with E-state index in [1.807, 2.05) is 6.07 Å². The van der Waals surface area contributed by atoms with Crippen LogP contribution in [0.15, 0.2) is 39.4 Å². The third-order valence-corrected chi connectivity index (χ3v) is 5.82. The normalized spacial score (nSPS) is 25.6. The molecule has 2 aliphatic heterocycles. The highest BCUT2D eigenvalue weighted by molar-refractivity contribution is 8.22. The van der Waals surface area contributed by atoms with Crippen LogP contribution < -0.4 is 0 Å². The summed E-state index contributed by atoms with van der Waals surface area (Å²) in [7, 11) is 0. The van der Waals surface area contributed by atoms with Gasteiger partial charge in [-0.05, 0) is 19.1 Å². The number of aromatic nitrogens is 1. The number of fused-ring (bicyclic) bond motifs is 1. The zero-order chi connectivity index (χ0) is 15.1. The Kier molecular flexibility index (Phi) is 3.68. The lowest BCUT2D eigenvalue weighted by Crippen LogP contribution is -2.60. The van der Waals surface area contributed by atoms with Crippen molar-refractivity contribution in [3.05, 3.63) is 34.3 Å². The molecule has 0 spiro atoms. The van der Waals surface area contributed by atoms with Crippen molar-refractivity contribution in [2.75, 3.05) is 0 Å². The summed E-state index contributed by atoms with van der Waals surface area (Å²) in [4.78, 5) is 28.9. The molecule has 3 atom stereocenters. The molecule has 2 unspecified atom stereocenters. The summed E-state index contributed by atoms with van der Waals surface area (Å²) < 4.78 is 0.530. The molecule has 1 amide bonds. The highest BCUT2D eigenvalue weighted by Crippen LogP contribution is 2.54. The van der Waals surface area contributed by atoms with E-state index < -0.39 is 18.0 Å². The number of nitrogens with zero attached hydrogens (tertiary/aromatic N) is 2. The van der Waals surface area contributed by atoms with Crippen LogP contribution in [0.4, 0.5) is 0 Å². The van der Waals surface area contributed by atoms with Crippen molar-refractivity contribution in [1.29, 1.82) is 0 Å². The van der Waals surface area contributed by atoms with Gasteiger partial charge in [0.1, 0.15) is 10.4 Å². The van der Waals surface area contributed by atoms with Crippen molar-refractivity contribution in [3.8, 4) is 0 Å². The zero-order valence-electron chi connectivity index (χ0n) is 11.0. The number of aliphatic carboxylic acids is 1. The van der Waals surface area contributed by atoms with Gasteiger partial charge in [0, 0.05) is 6.20 Å². The Hall–Kier alpha value is -1.51. The SMILES string of the molecule is CC(O)C1C(=O)N2C(C(=O)O)=C(Sc3ccccn3)S[C@H]12. The number of hydrogen-bond donors (Lipinski definition) is 2. The second kappa shape index (κ2) is 5.36. The Balaban J connectivity index is 1.89. The summed E-state index contributed by atoms with van der Waals surface area (Å²) in [5.41, 5.74) is -0.0115. The van der Waals surface area contributed by atoms with Gasteiger partial charge in [-0.3, -0.25) is 9.69 Å². The number of amides is 1. The van der Waals surface area contributed by atoms with E-state index in [1.54, 1.807) is 25.3 Å². The predicted molar refractivity (Wildman–Crippen MR) is 78.2 cm³/mol. The third-order valence-electron chi connectivity index (χ3n) is 3.30. The van der Waals surface area contributed by atoms with Gasteiger partial charge in [0.05, 0.1) is 16.3 Å². The monoisotopic (exact) mass is 324 g/mol. The van der Waals surface area contributed by atoms with Gasteiger partial charge in [-0.1, -0.05) is 29.6 Å². The standard InChI is InChI=1S/C13H12N2O4S2/c1-6(16)8-10(17)15-9(12(18)19)13(21-11(8)15)20-7-4-2-3-5-14-7/h2-6,8,11,16H,1H3,(H,18,19)/t6?,8?,11-/m1/s1. The fourth-order valence-electron chi connectivity index (χ4n) is 2.32. The van der Waals surface area contributed by atoms with Crippen LogP contribution >= 0.6 is 23.5 Å². The molecule has 110 valence electrons. The Morgan fingerprint density at radius 2 is 2.29 bits per heavy atom. The number of aliphatic hydroxyl groups excluding tert-OH is 1. The summed E-state index contributed by atoms with van der Waals surface area (Å²) in [6.45, 7) is 1.55. The van der Waals surface area contributed by atoms with E-state index in [4.69, 9.17) is 0 Å². The number of β-lactam (4-membered cyclic amide) rings is 1. The van der Waals surface area contributed by atoms with Gasteiger partial charge < -0.3 is 10.2 Å². The van der Waals surface area contributed by atoms with E-state index in [0.29, 0.717) is 9.26 Å². The highest BCUT2D eigenvalue weighted by Gasteiger charge is 2.57. The van der Waals surface area contributed by atoms with Gasteiger partial charge in [0.2, 0.25) is 5.91 Å². The Morgan fingerprint density at radius 3 is 2.86 bits per heavy atom. The van der Waals surface area contributed by atoms with Crippen molar-refractivity contribution in [2.24, 2.45) is 5.92 Å². The molecule has 2 aliphatic rings. The molecule has 1 fully saturated rings. The summed E-state index contributed by atoms with van der Waals surface area (Å²) >= 11 is 2.52. The molecule has 6 nitrogen and oxygen atoms in total. The van der Waals surface area contributed by atoms with E-state index >= 15 is 0 Å². The summed E-state index contributed by atoms with van der Waals surface area (Å²) in [6.07, 6.45) is 0.835. The van der Waals surface area contributed by atoms with Crippen LogP contribution in [-0.2, 0) is 9.59 Å². The Labute approximate surface area is 129 Å². The van der Waals surface area contributed by atoms with Crippen molar-refractivity contribution in [3.63, 3.8) is 0 Å². The van der Waals surface area contributed by atoms with Crippen LogP contribution in [0, 0.1) is 5.92 Å². The maximum Gasteiger partial charge on any atom is 0.354 e. The number of hydrogen-bond acceptors (Lipinski definition) is 6. The number of pyridine rings is 1. The smallest absolute Gasteiger partial charge is 0.354 e. The van der Waals surface area contributed by atoms with Crippen LogP contribution in [0.2, 0.25) is 0 Å². The Morgan fingerprint density at radius 1 is 1.52 bits per heavy atom. The molecule has 8 heteroatoms. The maximum atomic E-state index is 12.0. The van der Waals surface area contributed by atoms with Crippen LogP contribution in [0.3, 0.4) is 0 Å². The summed E-state index contributed by atoms with van der Waals surface area (Å²) in [6, 6.07) is 5.37. The molecule has 1 aromatic rings. The van der Waals surface area contributed by atoms with Gasteiger partial charge in [-0.2, -0.15) is 0 Å². The number of carbonyl (C=O) groups excluding carboxylic acids is 1. The molecule has 1 saturated heterocycles. The largest absolute Gasteiger partial charge is 0.477 e. The second-order valence-corrected chi connectivity index (χ2v) is 7.11. The number of aliphatic hydroxyl groups is 1. The van der Waals surface area contributed by atoms with Crippen molar-refractivity contribution in [1.82, 2.24) is 9.88 Å². The molecule has 0 saturated carbocycles. The second-order valence-electron chi connectivity index (χ2n) is 4.69. The predicted octanol–water partition coefficient (Wildman–Crippen LogP) is 1.34. The highest BCUT2D eigenvalue weighted by atomic mass is 32.2. The topological polar surface area (TPSA) is 90.7 Å². The quantitative estimate of drug-likeness (QED) is 0.808. The van der Waals surface area contributed by atoms with Gasteiger partial charge >= 0.3 is 5.97 Å². The van der Waals surface area contributed by atoms with Crippen LogP contribution in [-0.4, -0.2) is 43.5 Å². The lowest BCUT2D eigenvalue weighted by atomic mass is 9.92. The molecule has 2 N–H and O–H groups in total. The maximum absolute atomic E-state index is 12.0. The average Bonchev–Trinajstić information content (AvgIpc) is 2.74. The molecular weight excluding hydrogens is 312 g/mol. The first-order chi connectivity index (χ1) is 10.0. The third kappa shape index (κ3) is 2.33. The number of thioether (sulfide) groups is 2. The van der Waals surface area contributed by atoms with E-state index in [-0.39, 0.29) is 17.0 Å². The van der Waals surface area contributed by atoms with Gasteiger partial charge in [-0.15, -0.1) is 0 Å². The van der Waals surface area contributed by atoms with Crippen molar-refractivity contribution in [2.45, 2.75) is 23.4 Å². The minimum atomic E-state index is -1.14. The van der Waals surface area contributed by atoms with E-state index in [0.717, 1.165) is 0 Å². The molecule has 0 aromatic carbocycles. The lowest BCUT2D eigenvalue weighted by molar-refractivity contribution is -0.156. The van der Waals surface area contributed by atoms with Gasteiger partial charge in [-0.25, -0.2) is 9.78 Å². The van der Waals surface area contributed by atoms with Gasteiger partial charge in [0.15, 0.2) is 5.70 Å². The van der Waals surface area contributed by atoms with Crippen molar-refractivity contribution < 1.29 is 19.8 Å². The molecule has 21 heavy (non-hydrogen) atoms. The summed E-state index contributed by atoms with van der Waals surface area (Å²) in [5.74, 6) is -2.02. The molecule has 0 bridgehead atoms. The fraction of sp³-hybridized carbons (Fsp3) is 0.308. The minimum absolute atomic E-state index is 0.0115. The van der Waals surface area contributed by atoms with Crippen LogP contribution in [0.25, 0.3) is 0 Å². The first-order valence-electron chi connectivity index (χ1n) is 6.25. The van der Waals surface area contributed by atoms with Crippen molar-refractivity contribution >= 4 is 35.4 Å². The number of carbonyl (C=O) groups is 2. The molecule has 3 rings (SSSR count). The first kappa shape index (κ1) is 14.4.